The lowest BCUT2D eigenvalue weighted by atomic mass is 10.0. The highest BCUT2D eigenvalue weighted by Gasteiger charge is 2.09. The molecule has 0 spiro atoms. The molecule has 0 saturated carbocycles. The highest BCUT2D eigenvalue weighted by atomic mass is 19.1. The molecule has 1 amide bonds. The first kappa shape index (κ1) is 13.6. The van der Waals surface area contributed by atoms with E-state index in [-0.39, 0.29) is 5.91 Å². The molecule has 94 valence electrons. The van der Waals surface area contributed by atoms with Gasteiger partial charge in [-0.3, -0.25) is 4.79 Å². The summed E-state index contributed by atoms with van der Waals surface area (Å²) in [7, 11) is 0. The van der Waals surface area contributed by atoms with E-state index in [0.29, 0.717) is 24.6 Å². The molecule has 1 atom stereocenters. The first-order chi connectivity index (χ1) is 8.17. The molecule has 0 bridgehead atoms. The number of carbonyl (C=O) groups is 1. The summed E-state index contributed by atoms with van der Waals surface area (Å²) in [6.45, 7) is 3.27. The molecule has 0 aromatic heterocycles. The van der Waals surface area contributed by atoms with E-state index in [9.17, 15) is 9.18 Å². The van der Waals surface area contributed by atoms with Crippen LogP contribution in [0.1, 0.15) is 30.1 Å². The molecule has 1 unspecified atom stereocenters. The van der Waals surface area contributed by atoms with Crippen LogP contribution < -0.4 is 11.1 Å². The first-order valence-corrected chi connectivity index (χ1v) is 5.91. The molecule has 1 aromatic carbocycles. The van der Waals surface area contributed by atoms with Crippen LogP contribution in [-0.2, 0) is 0 Å². The van der Waals surface area contributed by atoms with E-state index >= 15 is 0 Å². The molecule has 0 fully saturated rings. The lowest BCUT2D eigenvalue weighted by Crippen LogP contribution is -2.30. The van der Waals surface area contributed by atoms with Crippen molar-refractivity contribution in [2.45, 2.75) is 19.8 Å². The smallest absolute Gasteiger partial charge is 0.251 e. The van der Waals surface area contributed by atoms with Gasteiger partial charge in [-0.15, -0.1) is 0 Å². The lowest BCUT2D eigenvalue weighted by molar-refractivity contribution is 0.0945. The third-order valence-corrected chi connectivity index (χ3v) is 2.79. The fourth-order valence-corrected chi connectivity index (χ4v) is 1.66. The van der Waals surface area contributed by atoms with Crippen LogP contribution in [0.3, 0.4) is 0 Å². The quantitative estimate of drug-likeness (QED) is 0.795. The second kappa shape index (κ2) is 7.01. The largest absolute Gasteiger partial charge is 0.352 e. The zero-order valence-electron chi connectivity index (χ0n) is 10.1. The Morgan fingerprint density at radius 3 is 2.88 bits per heavy atom. The van der Waals surface area contributed by atoms with Crippen LogP contribution in [0.25, 0.3) is 0 Å². The van der Waals surface area contributed by atoms with Crippen LogP contribution in [-0.4, -0.2) is 19.0 Å². The average molecular weight is 238 g/mol. The van der Waals surface area contributed by atoms with Gasteiger partial charge in [0.15, 0.2) is 0 Å². The molecule has 0 radical (unpaired) electrons. The molecule has 0 aliphatic heterocycles. The predicted octanol–water partition coefficient (Wildman–Crippen LogP) is 1.93. The monoisotopic (exact) mass is 238 g/mol. The van der Waals surface area contributed by atoms with E-state index in [1.165, 1.54) is 18.2 Å². The van der Waals surface area contributed by atoms with Gasteiger partial charge in [-0.2, -0.15) is 0 Å². The van der Waals surface area contributed by atoms with Crippen LogP contribution in [0.5, 0.6) is 0 Å². The fraction of sp³-hybridized carbons (Fsp3) is 0.462. The molecule has 3 nitrogen and oxygen atoms in total. The Morgan fingerprint density at radius 2 is 2.29 bits per heavy atom. The predicted molar refractivity (Wildman–Crippen MR) is 66.2 cm³/mol. The lowest BCUT2D eigenvalue weighted by Gasteiger charge is -2.14. The summed E-state index contributed by atoms with van der Waals surface area (Å²) in [4.78, 5) is 11.7. The van der Waals surface area contributed by atoms with Crippen molar-refractivity contribution in [3.63, 3.8) is 0 Å². The number of nitrogens with two attached hydrogens (primary N) is 1. The number of hydrogen-bond acceptors (Lipinski definition) is 2. The molecule has 4 heteroatoms. The van der Waals surface area contributed by atoms with E-state index < -0.39 is 5.82 Å². The minimum absolute atomic E-state index is 0.236. The van der Waals surface area contributed by atoms with Crippen molar-refractivity contribution in [2.24, 2.45) is 11.7 Å². The zero-order chi connectivity index (χ0) is 12.7. The average Bonchev–Trinajstić information content (AvgIpc) is 2.34. The number of benzene rings is 1. The summed E-state index contributed by atoms with van der Waals surface area (Å²) in [6, 6.07) is 5.68. The summed E-state index contributed by atoms with van der Waals surface area (Å²) < 4.78 is 12.9. The van der Waals surface area contributed by atoms with E-state index in [1.807, 2.05) is 0 Å². The van der Waals surface area contributed by atoms with E-state index in [2.05, 4.69) is 12.2 Å². The molecule has 17 heavy (non-hydrogen) atoms. The molecule has 0 saturated heterocycles. The molecule has 1 rings (SSSR count). The van der Waals surface area contributed by atoms with Gasteiger partial charge in [0.25, 0.3) is 5.91 Å². The summed E-state index contributed by atoms with van der Waals surface area (Å²) in [5.74, 6) is -0.246. The van der Waals surface area contributed by atoms with Crippen molar-refractivity contribution in [3.05, 3.63) is 35.6 Å². The number of halogens is 1. The maximum atomic E-state index is 12.9. The van der Waals surface area contributed by atoms with Crippen LogP contribution in [0, 0.1) is 11.7 Å². The first-order valence-electron chi connectivity index (χ1n) is 5.91. The molecule has 0 aliphatic rings. The number of carbonyl (C=O) groups excluding carboxylic acids is 1. The highest BCUT2D eigenvalue weighted by Crippen LogP contribution is 2.07. The Bertz CT molecular complexity index is 368. The van der Waals surface area contributed by atoms with Gasteiger partial charge in [-0.1, -0.05) is 19.4 Å². The summed E-state index contributed by atoms with van der Waals surface area (Å²) in [5.41, 5.74) is 5.83. The van der Waals surface area contributed by atoms with Gasteiger partial charge in [-0.25, -0.2) is 4.39 Å². The Labute approximate surface area is 101 Å². The van der Waals surface area contributed by atoms with Crippen LogP contribution in [0.2, 0.25) is 0 Å². The van der Waals surface area contributed by atoms with Gasteiger partial charge >= 0.3 is 0 Å². The Balaban J connectivity index is 2.49. The van der Waals surface area contributed by atoms with Crippen LogP contribution >= 0.6 is 0 Å². The normalized spacial score (nSPS) is 12.2. The van der Waals surface area contributed by atoms with Gasteiger partial charge in [-0.05, 0) is 37.1 Å². The van der Waals surface area contributed by atoms with Gasteiger partial charge < -0.3 is 11.1 Å². The number of hydrogen-bond donors (Lipinski definition) is 2. The van der Waals surface area contributed by atoms with E-state index in [0.717, 1.165) is 12.8 Å². The number of amides is 1. The Morgan fingerprint density at radius 1 is 1.53 bits per heavy atom. The number of nitrogens with one attached hydrogen (secondary N) is 1. The van der Waals surface area contributed by atoms with Crippen molar-refractivity contribution >= 4 is 5.91 Å². The van der Waals surface area contributed by atoms with Gasteiger partial charge in [0.2, 0.25) is 0 Å². The summed E-state index contributed by atoms with van der Waals surface area (Å²) in [5, 5.41) is 2.80. The van der Waals surface area contributed by atoms with Crippen molar-refractivity contribution in [2.75, 3.05) is 13.1 Å². The molecule has 0 aliphatic carbocycles. The molecular weight excluding hydrogens is 219 g/mol. The Kier molecular flexibility index (Phi) is 5.63. The van der Waals surface area contributed by atoms with Crippen LogP contribution in [0.15, 0.2) is 24.3 Å². The second-order valence-electron chi connectivity index (χ2n) is 4.07. The van der Waals surface area contributed by atoms with Crippen molar-refractivity contribution in [1.82, 2.24) is 5.32 Å². The molecule has 3 N–H and O–H groups in total. The van der Waals surface area contributed by atoms with Crippen molar-refractivity contribution < 1.29 is 9.18 Å². The van der Waals surface area contributed by atoms with E-state index in [1.54, 1.807) is 6.07 Å². The van der Waals surface area contributed by atoms with E-state index in [4.69, 9.17) is 5.73 Å². The van der Waals surface area contributed by atoms with Gasteiger partial charge in [0.1, 0.15) is 5.82 Å². The third kappa shape index (κ3) is 4.53. The van der Waals surface area contributed by atoms with Crippen molar-refractivity contribution in [3.8, 4) is 0 Å². The minimum atomic E-state index is -0.397. The highest BCUT2D eigenvalue weighted by molar-refractivity contribution is 5.94. The summed E-state index contributed by atoms with van der Waals surface area (Å²) >= 11 is 0. The molecule has 1 aromatic rings. The Hall–Kier alpha value is -1.42. The van der Waals surface area contributed by atoms with Gasteiger partial charge in [0.05, 0.1) is 0 Å². The standard InChI is InChI=1S/C13H19FN2O/c1-2-10(6-7-15)9-16-13(17)11-4-3-5-12(14)8-11/h3-5,8,10H,2,6-7,9,15H2,1H3,(H,16,17). The zero-order valence-corrected chi connectivity index (χ0v) is 10.1. The SMILES string of the molecule is CCC(CCN)CNC(=O)c1cccc(F)c1. The maximum Gasteiger partial charge on any atom is 0.251 e. The number of rotatable bonds is 6. The minimum Gasteiger partial charge on any atom is -0.352 e. The van der Waals surface area contributed by atoms with Gasteiger partial charge in [0, 0.05) is 12.1 Å². The molecule has 0 heterocycles. The fourth-order valence-electron chi connectivity index (χ4n) is 1.66. The molecular formula is C13H19FN2O. The second-order valence-corrected chi connectivity index (χ2v) is 4.07. The maximum absolute atomic E-state index is 12.9. The topological polar surface area (TPSA) is 55.1 Å². The summed E-state index contributed by atoms with van der Waals surface area (Å²) in [6.07, 6.45) is 1.86. The van der Waals surface area contributed by atoms with Crippen molar-refractivity contribution in [1.29, 1.82) is 0 Å². The third-order valence-electron chi connectivity index (χ3n) is 2.79. The van der Waals surface area contributed by atoms with Crippen LogP contribution in [0.4, 0.5) is 4.39 Å².